The monoisotopic (exact) mass is 240 g/mol. The van der Waals surface area contributed by atoms with Crippen LogP contribution in [0.3, 0.4) is 0 Å². The van der Waals surface area contributed by atoms with E-state index in [1.807, 2.05) is 7.05 Å². The van der Waals surface area contributed by atoms with Crippen LogP contribution in [0.25, 0.3) is 0 Å². The number of ketones is 1. The van der Waals surface area contributed by atoms with Gasteiger partial charge in [0.25, 0.3) is 0 Å². The molecular weight excluding hydrogens is 224 g/mol. The largest absolute Gasteiger partial charge is 0.381 e. The molecule has 2 rings (SSSR count). The quantitative estimate of drug-likeness (QED) is 0.757. The highest BCUT2D eigenvalue weighted by atomic mass is 32.1. The van der Waals surface area contributed by atoms with Gasteiger partial charge in [-0.3, -0.25) is 4.79 Å². The topological polar surface area (TPSA) is 42.4 Å². The standard InChI is InChI=1S/C11H16N2O2S/c1-8(14)10-7-12-11(16-10)13(2)9-3-5-15-6-4-9/h7,9H,3-6H2,1-2H3. The van der Waals surface area contributed by atoms with Crippen LogP contribution in [0.2, 0.25) is 0 Å². The third-order valence-electron chi connectivity index (χ3n) is 2.88. The number of ether oxygens (including phenoxy) is 1. The van der Waals surface area contributed by atoms with Crippen LogP contribution in [0.15, 0.2) is 6.20 Å². The van der Waals surface area contributed by atoms with Crippen molar-refractivity contribution in [2.24, 2.45) is 0 Å². The Labute approximate surface area is 99.2 Å². The lowest BCUT2D eigenvalue weighted by atomic mass is 10.1. The Morgan fingerprint density at radius 2 is 2.25 bits per heavy atom. The van der Waals surface area contributed by atoms with Crippen molar-refractivity contribution in [1.29, 1.82) is 0 Å². The second-order valence-corrected chi connectivity index (χ2v) is 5.03. The number of Topliss-reactive ketones (excluding diaryl/α,β-unsaturated/α-hetero) is 1. The zero-order valence-electron chi connectivity index (χ0n) is 9.60. The van der Waals surface area contributed by atoms with Crippen molar-refractivity contribution in [1.82, 2.24) is 4.98 Å². The van der Waals surface area contributed by atoms with Crippen LogP contribution in [0.4, 0.5) is 5.13 Å². The molecule has 88 valence electrons. The molecule has 0 amide bonds. The van der Waals surface area contributed by atoms with Crippen LogP contribution >= 0.6 is 11.3 Å². The van der Waals surface area contributed by atoms with Crippen molar-refractivity contribution in [3.8, 4) is 0 Å². The lowest BCUT2D eigenvalue weighted by molar-refractivity contribution is 0.0855. The highest BCUT2D eigenvalue weighted by Crippen LogP contribution is 2.26. The van der Waals surface area contributed by atoms with Gasteiger partial charge in [0.2, 0.25) is 0 Å². The summed E-state index contributed by atoms with van der Waals surface area (Å²) in [6.07, 6.45) is 3.73. The summed E-state index contributed by atoms with van der Waals surface area (Å²) in [6.45, 7) is 3.21. The molecule has 0 aromatic carbocycles. The number of hydrogen-bond acceptors (Lipinski definition) is 5. The van der Waals surface area contributed by atoms with E-state index in [-0.39, 0.29) is 5.78 Å². The Balaban J connectivity index is 2.07. The average Bonchev–Trinajstić information content (AvgIpc) is 2.78. The Bertz CT molecular complexity index is 372. The highest BCUT2D eigenvalue weighted by Gasteiger charge is 2.21. The van der Waals surface area contributed by atoms with Gasteiger partial charge >= 0.3 is 0 Å². The van der Waals surface area contributed by atoms with Crippen LogP contribution in [-0.4, -0.2) is 37.1 Å². The normalized spacial score (nSPS) is 17.4. The first kappa shape index (κ1) is 11.5. The van der Waals surface area contributed by atoms with Gasteiger partial charge in [0, 0.05) is 33.2 Å². The molecular formula is C11H16N2O2S. The van der Waals surface area contributed by atoms with Crippen molar-refractivity contribution < 1.29 is 9.53 Å². The predicted molar refractivity (Wildman–Crippen MR) is 64.4 cm³/mol. The van der Waals surface area contributed by atoms with E-state index in [4.69, 9.17) is 4.74 Å². The van der Waals surface area contributed by atoms with Crippen LogP contribution in [0.5, 0.6) is 0 Å². The van der Waals surface area contributed by atoms with Gasteiger partial charge in [0.05, 0.1) is 11.1 Å². The molecule has 0 unspecified atom stereocenters. The summed E-state index contributed by atoms with van der Waals surface area (Å²) >= 11 is 1.47. The van der Waals surface area contributed by atoms with Gasteiger partial charge in [-0.15, -0.1) is 0 Å². The second kappa shape index (κ2) is 4.93. The van der Waals surface area contributed by atoms with E-state index in [0.717, 1.165) is 36.1 Å². The minimum absolute atomic E-state index is 0.0872. The molecule has 1 aliphatic heterocycles. The summed E-state index contributed by atoms with van der Waals surface area (Å²) in [6, 6.07) is 0.486. The number of hydrogen-bond donors (Lipinski definition) is 0. The molecule has 16 heavy (non-hydrogen) atoms. The zero-order chi connectivity index (χ0) is 11.5. The van der Waals surface area contributed by atoms with Crippen molar-refractivity contribution >= 4 is 22.3 Å². The molecule has 0 aliphatic carbocycles. The maximum Gasteiger partial charge on any atom is 0.185 e. The van der Waals surface area contributed by atoms with Gasteiger partial charge in [-0.25, -0.2) is 4.98 Å². The predicted octanol–water partition coefficient (Wildman–Crippen LogP) is 1.96. The van der Waals surface area contributed by atoms with E-state index in [0.29, 0.717) is 6.04 Å². The number of aromatic nitrogens is 1. The fourth-order valence-corrected chi connectivity index (χ4v) is 2.66. The first-order valence-corrected chi connectivity index (χ1v) is 6.27. The van der Waals surface area contributed by atoms with Gasteiger partial charge in [0.1, 0.15) is 0 Å². The van der Waals surface area contributed by atoms with Gasteiger partial charge in [-0.05, 0) is 12.8 Å². The summed E-state index contributed by atoms with van der Waals surface area (Å²) in [7, 11) is 2.04. The average molecular weight is 240 g/mol. The summed E-state index contributed by atoms with van der Waals surface area (Å²) in [4.78, 5) is 18.4. The molecule has 4 nitrogen and oxygen atoms in total. The third-order valence-corrected chi connectivity index (χ3v) is 4.07. The van der Waals surface area contributed by atoms with E-state index in [1.54, 1.807) is 13.1 Å². The first-order valence-electron chi connectivity index (χ1n) is 5.46. The van der Waals surface area contributed by atoms with Gasteiger partial charge in [-0.2, -0.15) is 0 Å². The molecule has 1 saturated heterocycles. The molecule has 0 bridgehead atoms. The third kappa shape index (κ3) is 2.41. The van der Waals surface area contributed by atoms with E-state index in [9.17, 15) is 4.79 Å². The summed E-state index contributed by atoms with van der Waals surface area (Å²) < 4.78 is 5.33. The SMILES string of the molecule is CC(=O)c1cnc(N(C)C2CCOCC2)s1. The number of anilines is 1. The maximum absolute atomic E-state index is 11.2. The molecule has 1 fully saturated rings. The molecule has 0 saturated carbocycles. The van der Waals surface area contributed by atoms with Gasteiger partial charge in [0.15, 0.2) is 10.9 Å². The molecule has 1 aromatic rings. The molecule has 0 N–H and O–H groups in total. The lowest BCUT2D eigenvalue weighted by Gasteiger charge is -2.30. The highest BCUT2D eigenvalue weighted by molar-refractivity contribution is 7.17. The molecule has 0 radical (unpaired) electrons. The number of thiazole rings is 1. The Hall–Kier alpha value is -0.940. The van der Waals surface area contributed by atoms with E-state index >= 15 is 0 Å². The summed E-state index contributed by atoms with van der Waals surface area (Å²) in [5, 5.41) is 0.928. The Morgan fingerprint density at radius 3 is 2.81 bits per heavy atom. The Kier molecular flexibility index (Phi) is 3.56. The minimum atomic E-state index is 0.0872. The van der Waals surface area contributed by atoms with Crippen LogP contribution in [0, 0.1) is 0 Å². The van der Waals surface area contributed by atoms with Crippen LogP contribution < -0.4 is 4.90 Å². The molecule has 1 aromatic heterocycles. The first-order chi connectivity index (χ1) is 7.68. The zero-order valence-corrected chi connectivity index (χ0v) is 10.4. The van der Waals surface area contributed by atoms with E-state index < -0.39 is 0 Å². The van der Waals surface area contributed by atoms with Crippen molar-refractivity contribution in [3.05, 3.63) is 11.1 Å². The second-order valence-electron chi connectivity index (χ2n) is 4.02. The van der Waals surface area contributed by atoms with Crippen LogP contribution in [-0.2, 0) is 4.74 Å². The lowest BCUT2D eigenvalue weighted by Crippen LogP contribution is -2.36. The van der Waals surface area contributed by atoms with Crippen LogP contribution in [0.1, 0.15) is 29.4 Å². The van der Waals surface area contributed by atoms with Gasteiger partial charge < -0.3 is 9.64 Å². The molecule has 5 heteroatoms. The van der Waals surface area contributed by atoms with Crippen molar-refractivity contribution in [2.45, 2.75) is 25.8 Å². The fraction of sp³-hybridized carbons (Fsp3) is 0.636. The van der Waals surface area contributed by atoms with Gasteiger partial charge in [-0.1, -0.05) is 11.3 Å². The number of rotatable bonds is 3. The summed E-state index contributed by atoms with van der Waals surface area (Å²) in [5.74, 6) is 0.0872. The number of carbonyl (C=O) groups excluding carboxylic acids is 1. The van der Waals surface area contributed by atoms with Crippen molar-refractivity contribution in [3.63, 3.8) is 0 Å². The van der Waals surface area contributed by atoms with E-state index in [1.165, 1.54) is 11.3 Å². The molecule has 2 heterocycles. The number of nitrogens with zero attached hydrogens (tertiary/aromatic N) is 2. The molecule has 0 atom stereocenters. The van der Waals surface area contributed by atoms with E-state index in [2.05, 4.69) is 9.88 Å². The van der Waals surface area contributed by atoms with Crippen molar-refractivity contribution in [2.75, 3.05) is 25.2 Å². The Morgan fingerprint density at radius 1 is 1.56 bits per heavy atom. The summed E-state index contributed by atoms with van der Waals surface area (Å²) in [5.41, 5.74) is 0. The minimum Gasteiger partial charge on any atom is -0.381 e. The fourth-order valence-electron chi connectivity index (χ4n) is 1.82. The number of carbonyl (C=O) groups is 1. The maximum atomic E-state index is 11.2. The smallest absolute Gasteiger partial charge is 0.185 e. The molecule has 0 spiro atoms. The molecule has 1 aliphatic rings.